The Morgan fingerprint density at radius 3 is 2.78 bits per heavy atom. The van der Waals surface area contributed by atoms with E-state index < -0.39 is 5.97 Å². The van der Waals surface area contributed by atoms with Crippen molar-refractivity contribution in [2.75, 3.05) is 0 Å². The third-order valence-electron chi connectivity index (χ3n) is 4.41. The van der Waals surface area contributed by atoms with Gasteiger partial charge < -0.3 is 14.3 Å². The number of nitrogens with one attached hydrogen (secondary N) is 1. The maximum absolute atomic E-state index is 12.4. The SMILES string of the molecule is Cc1sc2nc(COC(=O)c3cccc(-n4cccc4)c3)[nH]c(=O)c2c1C. The summed E-state index contributed by atoms with van der Waals surface area (Å²) in [5.41, 5.74) is 2.04. The van der Waals surface area contributed by atoms with E-state index in [0.717, 1.165) is 16.1 Å². The molecule has 0 aliphatic rings. The van der Waals surface area contributed by atoms with Crippen LogP contribution in [-0.2, 0) is 11.3 Å². The van der Waals surface area contributed by atoms with Crippen molar-refractivity contribution in [3.63, 3.8) is 0 Å². The van der Waals surface area contributed by atoms with E-state index in [2.05, 4.69) is 9.97 Å². The smallest absolute Gasteiger partial charge is 0.338 e. The molecule has 4 rings (SSSR count). The number of rotatable bonds is 4. The minimum atomic E-state index is -0.467. The number of nitrogens with zero attached hydrogens (tertiary/aromatic N) is 2. The predicted octanol–water partition coefficient (Wildman–Crippen LogP) is 3.75. The highest BCUT2D eigenvalue weighted by Crippen LogP contribution is 2.25. The van der Waals surface area contributed by atoms with Crippen molar-refractivity contribution >= 4 is 27.5 Å². The summed E-state index contributed by atoms with van der Waals surface area (Å²) in [6.07, 6.45) is 3.80. The normalized spacial score (nSPS) is 11.0. The molecule has 1 N–H and O–H groups in total. The Morgan fingerprint density at radius 2 is 2.00 bits per heavy atom. The number of hydrogen-bond acceptors (Lipinski definition) is 5. The van der Waals surface area contributed by atoms with Crippen molar-refractivity contribution in [3.05, 3.63) is 81.0 Å². The van der Waals surface area contributed by atoms with Crippen LogP contribution in [0.2, 0.25) is 0 Å². The number of H-pyrrole nitrogens is 1. The number of aromatic nitrogens is 3. The molecule has 0 spiro atoms. The number of fused-ring (bicyclic) bond motifs is 1. The van der Waals surface area contributed by atoms with Gasteiger partial charge in [-0.3, -0.25) is 4.79 Å². The zero-order chi connectivity index (χ0) is 19.0. The van der Waals surface area contributed by atoms with Gasteiger partial charge in [0, 0.05) is 23.0 Å². The van der Waals surface area contributed by atoms with Crippen LogP contribution >= 0.6 is 11.3 Å². The van der Waals surface area contributed by atoms with E-state index in [9.17, 15) is 9.59 Å². The number of ether oxygens (including phenoxy) is 1. The molecule has 0 unspecified atom stereocenters. The lowest BCUT2D eigenvalue weighted by Gasteiger charge is -2.07. The summed E-state index contributed by atoms with van der Waals surface area (Å²) in [6.45, 7) is 3.77. The fraction of sp³-hybridized carbons (Fsp3) is 0.150. The number of aryl methyl sites for hydroxylation is 2. The second-order valence-electron chi connectivity index (χ2n) is 6.19. The van der Waals surface area contributed by atoms with Gasteiger partial charge in [-0.1, -0.05) is 6.07 Å². The molecule has 136 valence electrons. The molecule has 1 aromatic carbocycles. The third-order valence-corrected chi connectivity index (χ3v) is 5.51. The lowest BCUT2D eigenvalue weighted by Crippen LogP contribution is -2.14. The Balaban J connectivity index is 1.54. The Kier molecular flexibility index (Phi) is 4.37. The average molecular weight is 379 g/mol. The summed E-state index contributed by atoms with van der Waals surface area (Å²) in [7, 11) is 0. The number of benzene rings is 1. The van der Waals surface area contributed by atoms with Crippen LogP contribution in [0.1, 0.15) is 26.6 Å². The minimum absolute atomic E-state index is 0.0895. The Morgan fingerprint density at radius 1 is 1.22 bits per heavy atom. The predicted molar refractivity (Wildman–Crippen MR) is 105 cm³/mol. The summed E-state index contributed by atoms with van der Waals surface area (Å²) in [6, 6.07) is 11.0. The van der Waals surface area contributed by atoms with Gasteiger partial charge in [0.1, 0.15) is 17.3 Å². The monoisotopic (exact) mass is 379 g/mol. The topological polar surface area (TPSA) is 77.0 Å². The molecule has 0 aliphatic carbocycles. The maximum atomic E-state index is 12.4. The van der Waals surface area contributed by atoms with Crippen molar-refractivity contribution in [3.8, 4) is 5.69 Å². The molecule has 0 amide bonds. The minimum Gasteiger partial charge on any atom is -0.454 e. The van der Waals surface area contributed by atoms with Crippen LogP contribution in [0, 0.1) is 13.8 Å². The number of esters is 1. The van der Waals surface area contributed by atoms with Crippen LogP contribution in [0.15, 0.2) is 53.6 Å². The van der Waals surface area contributed by atoms with E-state index in [4.69, 9.17) is 4.74 Å². The molecule has 0 fully saturated rings. The first-order chi connectivity index (χ1) is 13.0. The van der Waals surface area contributed by atoms with Gasteiger partial charge in [0.15, 0.2) is 0 Å². The lowest BCUT2D eigenvalue weighted by molar-refractivity contribution is 0.0462. The number of aromatic amines is 1. The first-order valence-electron chi connectivity index (χ1n) is 8.42. The Labute approximate surface area is 159 Å². The zero-order valence-corrected chi connectivity index (χ0v) is 15.7. The molecule has 3 aromatic heterocycles. The van der Waals surface area contributed by atoms with Crippen LogP contribution in [0.4, 0.5) is 0 Å². The van der Waals surface area contributed by atoms with Crippen LogP contribution in [0.3, 0.4) is 0 Å². The first-order valence-corrected chi connectivity index (χ1v) is 9.24. The molecule has 6 nitrogen and oxygen atoms in total. The molecule has 0 bridgehead atoms. The first kappa shape index (κ1) is 17.2. The van der Waals surface area contributed by atoms with Crippen LogP contribution in [0.25, 0.3) is 15.9 Å². The molecule has 0 aliphatic heterocycles. The molecule has 7 heteroatoms. The van der Waals surface area contributed by atoms with E-state index >= 15 is 0 Å². The van der Waals surface area contributed by atoms with Crippen LogP contribution in [0.5, 0.6) is 0 Å². The summed E-state index contributed by atoms with van der Waals surface area (Å²) >= 11 is 1.46. The highest BCUT2D eigenvalue weighted by Gasteiger charge is 2.14. The van der Waals surface area contributed by atoms with Gasteiger partial charge in [0.05, 0.1) is 10.9 Å². The van der Waals surface area contributed by atoms with Crippen molar-refractivity contribution < 1.29 is 9.53 Å². The highest BCUT2D eigenvalue weighted by molar-refractivity contribution is 7.18. The summed E-state index contributed by atoms with van der Waals surface area (Å²) in [5, 5.41) is 0.604. The van der Waals surface area contributed by atoms with Gasteiger partial charge in [-0.15, -0.1) is 11.3 Å². The fourth-order valence-corrected chi connectivity index (χ4v) is 3.93. The van der Waals surface area contributed by atoms with Crippen LogP contribution < -0.4 is 5.56 Å². The average Bonchev–Trinajstić information content (AvgIpc) is 3.29. The molecule has 0 saturated heterocycles. The van der Waals surface area contributed by atoms with Gasteiger partial charge in [0.2, 0.25) is 0 Å². The van der Waals surface area contributed by atoms with Crippen molar-refractivity contribution in [2.45, 2.75) is 20.5 Å². The standard InChI is InChI=1S/C20H17N3O3S/c1-12-13(2)27-19-17(12)18(24)21-16(22-19)11-26-20(25)14-6-5-7-15(10-14)23-8-3-4-9-23/h3-10H,11H2,1-2H3,(H,21,22,24). The van der Waals surface area contributed by atoms with Crippen molar-refractivity contribution in [1.29, 1.82) is 0 Å². The Bertz CT molecular complexity index is 1190. The van der Waals surface area contributed by atoms with Crippen molar-refractivity contribution in [2.24, 2.45) is 0 Å². The zero-order valence-electron chi connectivity index (χ0n) is 14.9. The molecule has 0 atom stereocenters. The van der Waals surface area contributed by atoms with E-state index in [0.29, 0.717) is 21.6 Å². The molecule has 3 heterocycles. The van der Waals surface area contributed by atoms with Crippen LogP contribution in [-0.4, -0.2) is 20.5 Å². The van der Waals surface area contributed by atoms with E-state index in [1.807, 2.05) is 49.0 Å². The van der Waals surface area contributed by atoms with E-state index in [-0.39, 0.29) is 12.2 Å². The lowest BCUT2D eigenvalue weighted by atomic mass is 10.2. The number of hydrogen-bond donors (Lipinski definition) is 1. The van der Waals surface area contributed by atoms with Gasteiger partial charge >= 0.3 is 5.97 Å². The van der Waals surface area contributed by atoms with Gasteiger partial charge in [-0.05, 0) is 49.7 Å². The Hall–Kier alpha value is -3.19. The summed E-state index contributed by atoms with van der Waals surface area (Å²) < 4.78 is 7.26. The second-order valence-corrected chi connectivity index (χ2v) is 7.40. The van der Waals surface area contributed by atoms with E-state index in [1.165, 1.54) is 11.3 Å². The van der Waals surface area contributed by atoms with Gasteiger partial charge in [0.25, 0.3) is 5.56 Å². The van der Waals surface area contributed by atoms with Gasteiger partial charge in [-0.25, -0.2) is 9.78 Å². The fourth-order valence-electron chi connectivity index (χ4n) is 2.88. The van der Waals surface area contributed by atoms with E-state index in [1.54, 1.807) is 18.2 Å². The quantitative estimate of drug-likeness (QED) is 0.548. The molecular formula is C20H17N3O3S. The molecule has 0 radical (unpaired) electrons. The number of carbonyl (C=O) groups is 1. The molecule has 27 heavy (non-hydrogen) atoms. The third kappa shape index (κ3) is 3.29. The van der Waals surface area contributed by atoms with Gasteiger partial charge in [-0.2, -0.15) is 0 Å². The summed E-state index contributed by atoms with van der Waals surface area (Å²) in [5.74, 6) is -0.131. The number of carbonyl (C=O) groups excluding carboxylic acids is 1. The second kappa shape index (κ2) is 6.85. The highest BCUT2D eigenvalue weighted by atomic mass is 32.1. The van der Waals surface area contributed by atoms with Crippen molar-refractivity contribution in [1.82, 2.24) is 14.5 Å². The number of thiophene rings is 1. The maximum Gasteiger partial charge on any atom is 0.338 e. The largest absolute Gasteiger partial charge is 0.454 e. The molecular weight excluding hydrogens is 362 g/mol. The molecule has 4 aromatic rings. The molecule has 0 saturated carbocycles. The summed E-state index contributed by atoms with van der Waals surface area (Å²) in [4.78, 5) is 33.5.